The Hall–Kier alpha value is -1.30. The van der Waals surface area contributed by atoms with Crippen molar-refractivity contribution in [2.75, 3.05) is 13.8 Å². The van der Waals surface area contributed by atoms with Gasteiger partial charge in [0.1, 0.15) is 17.9 Å². The molecule has 1 atom stereocenters. The number of ether oxygens (including phenoxy) is 3. The molecule has 0 spiro atoms. The summed E-state index contributed by atoms with van der Waals surface area (Å²) >= 11 is 0. The van der Waals surface area contributed by atoms with Crippen molar-refractivity contribution in [1.82, 2.24) is 4.90 Å². The molecule has 136 valence electrons. The quantitative estimate of drug-likeness (QED) is 0.527. The van der Waals surface area contributed by atoms with Gasteiger partial charge in [0, 0.05) is 7.11 Å². The van der Waals surface area contributed by atoms with Gasteiger partial charge in [0.05, 0.1) is 6.10 Å². The van der Waals surface area contributed by atoms with Gasteiger partial charge in [0.2, 0.25) is 0 Å². The van der Waals surface area contributed by atoms with Gasteiger partial charge in [-0.2, -0.15) is 0 Å². The Morgan fingerprint density at radius 3 is 1.91 bits per heavy atom. The van der Waals surface area contributed by atoms with Crippen LogP contribution in [0.25, 0.3) is 0 Å². The van der Waals surface area contributed by atoms with Gasteiger partial charge < -0.3 is 14.2 Å². The first kappa shape index (κ1) is 21.7. The highest BCUT2D eigenvalue weighted by atomic mass is 16.6. The van der Waals surface area contributed by atoms with Gasteiger partial charge in [-0.15, -0.1) is 0 Å². The van der Waals surface area contributed by atoms with Gasteiger partial charge in [0.15, 0.2) is 0 Å². The third-order valence-electron chi connectivity index (χ3n) is 3.06. The number of esters is 1. The fourth-order valence-corrected chi connectivity index (χ4v) is 2.28. The SMILES string of the molecule is COCN(C(=O)OC(C)(C)C)[C@@](C)(CC(C)C)C(=O)OC(C)C. The molecule has 0 aromatic carbocycles. The van der Waals surface area contributed by atoms with E-state index in [2.05, 4.69) is 0 Å². The molecule has 6 heteroatoms. The Morgan fingerprint density at radius 1 is 1.04 bits per heavy atom. The lowest BCUT2D eigenvalue weighted by atomic mass is 9.89. The summed E-state index contributed by atoms with van der Waals surface area (Å²) in [7, 11) is 1.47. The first-order chi connectivity index (χ1) is 10.3. The zero-order chi connectivity index (χ0) is 18.4. The summed E-state index contributed by atoms with van der Waals surface area (Å²) in [6.45, 7) is 14.5. The molecule has 0 heterocycles. The second kappa shape index (κ2) is 8.52. The molecule has 0 saturated carbocycles. The van der Waals surface area contributed by atoms with E-state index in [9.17, 15) is 9.59 Å². The van der Waals surface area contributed by atoms with E-state index in [1.54, 1.807) is 41.5 Å². The van der Waals surface area contributed by atoms with E-state index in [0.29, 0.717) is 6.42 Å². The van der Waals surface area contributed by atoms with Gasteiger partial charge in [-0.3, -0.25) is 4.90 Å². The van der Waals surface area contributed by atoms with Crippen molar-refractivity contribution in [2.45, 2.75) is 79.1 Å². The fourth-order valence-electron chi connectivity index (χ4n) is 2.28. The van der Waals surface area contributed by atoms with Crippen molar-refractivity contribution in [1.29, 1.82) is 0 Å². The van der Waals surface area contributed by atoms with Crippen LogP contribution in [0.3, 0.4) is 0 Å². The third-order valence-corrected chi connectivity index (χ3v) is 3.06. The molecule has 0 aliphatic carbocycles. The molecule has 0 N–H and O–H groups in total. The van der Waals surface area contributed by atoms with E-state index in [1.165, 1.54) is 12.0 Å². The van der Waals surface area contributed by atoms with Gasteiger partial charge >= 0.3 is 12.1 Å². The lowest BCUT2D eigenvalue weighted by molar-refractivity contribution is -0.165. The predicted molar refractivity (Wildman–Crippen MR) is 89.0 cm³/mol. The minimum Gasteiger partial charge on any atom is -0.461 e. The van der Waals surface area contributed by atoms with Gasteiger partial charge in [-0.05, 0) is 53.9 Å². The number of amides is 1. The summed E-state index contributed by atoms with van der Waals surface area (Å²) in [4.78, 5) is 26.6. The van der Waals surface area contributed by atoms with E-state index in [4.69, 9.17) is 14.2 Å². The van der Waals surface area contributed by atoms with Crippen LogP contribution in [0.2, 0.25) is 0 Å². The van der Waals surface area contributed by atoms with E-state index >= 15 is 0 Å². The van der Waals surface area contributed by atoms with E-state index in [1.807, 2.05) is 13.8 Å². The molecule has 0 unspecified atom stereocenters. The molecule has 0 aromatic rings. The summed E-state index contributed by atoms with van der Waals surface area (Å²) < 4.78 is 16.0. The fraction of sp³-hybridized carbons (Fsp3) is 0.882. The van der Waals surface area contributed by atoms with Crippen LogP contribution in [-0.2, 0) is 19.0 Å². The Bertz CT molecular complexity index is 400. The highest BCUT2D eigenvalue weighted by Crippen LogP contribution is 2.28. The van der Waals surface area contributed by atoms with Gasteiger partial charge in [-0.1, -0.05) is 13.8 Å². The van der Waals surface area contributed by atoms with Crippen LogP contribution in [0.5, 0.6) is 0 Å². The maximum absolute atomic E-state index is 12.7. The number of nitrogens with zero attached hydrogens (tertiary/aromatic N) is 1. The zero-order valence-corrected chi connectivity index (χ0v) is 16.1. The maximum Gasteiger partial charge on any atom is 0.413 e. The number of carbonyl (C=O) groups is 2. The van der Waals surface area contributed by atoms with Crippen LogP contribution in [0.4, 0.5) is 4.79 Å². The summed E-state index contributed by atoms with van der Waals surface area (Å²) in [5, 5.41) is 0. The Labute approximate surface area is 140 Å². The molecule has 0 radical (unpaired) electrons. The summed E-state index contributed by atoms with van der Waals surface area (Å²) in [6.07, 6.45) is -0.415. The van der Waals surface area contributed by atoms with Crippen LogP contribution >= 0.6 is 0 Å². The molecule has 0 bridgehead atoms. The summed E-state index contributed by atoms with van der Waals surface area (Å²) in [6, 6.07) is 0. The first-order valence-corrected chi connectivity index (χ1v) is 8.04. The molecule has 0 aliphatic rings. The lowest BCUT2D eigenvalue weighted by Gasteiger charge is -2.40. The van der Waals surface area contributed by atoms with E-state index in [0.717, 1.165) is 0 Å². The minimum atomic E-state index is -1.16. The van der Waals surface area contributed by atoms with Crippen LogP contribution in [0.1, 0.15) is 61.8 Å². The standard InChI is InChI=1S/C17H33NO5/c1-12(2)10-17(8,14(19)22-13(3)4)18(11-21-9)15(20)23-16(5,6)7/h12-13H,10-11H2,1-9H3/t17-/m0/s1. The summed E-state index contributed by atoms with van der Waals surface area (Å²) in [5.41, 5.74) is -1.82. The van der Waals surface area contributed by atoms with Crippen molar-refractivity contribution in [2.24, 2.45) is 5.92 Å². The summed E-state index contributed by atoms with van der Waals surface area (Å²) in [5.74, 6) is -0.273. The molecule has 0 fully saturated rings. The second-order valence-corrected chi connectivity index (χ2v) is 7.65. The van der Waals surface area contributed by atoms with Crippen LogP contribution < -0.4 is 0 Å². The van der Waals surface area contributed by atoms with Crippen molar-refractivity contribution in [3.05, 3.63) is 0 Å². The number of hydrogen-bond donors (Lipinski definition) is 0. The van der Waals surface area contributed by atoms with Crippen LogP contribution in [-0.4, -0.2) is 48.0 Å². The molecular weight excluding hydrogens is 298 g/mol. The highest BCUT2D eigenvalue weighted by molar-refractivity contribution is 5.85. The average molecular weight is 331 g/mol. The normalized spacial score (nSPS) is 14.6. The number of hydrogen-bond acceptors (Lipinski definition) is 5. The van der Waals surface area contributed by atoms with Crippen molar-refractivity contribution in [3.63, 3.8) is 0 Å². The monoisotopic (exact) mass is 331 g/mol. The van der Waals surface area contributed by atoms with Gasteiger partial charge in [0.25, 0.3) is 0 Å². The Balaban J connectivity index is 5.64. The van der Waals surface area contributed by atoms with E-state index < -0.39 is 23.2 Å². The number of carbonyl (C=O) groups excluding carboxylic acids is 2. The smallest absolute Gasteiger partial charge is 0.413 e. The molecule has 0 aliphatic heterocycles. The molecule has 0 aromatic heterocycles. The van der Waals surface area contributed by atoms with Crippen molar-refractivity contribution >= 4 is 12.1 Å². The van der Waals surface area contributed by atoms with E-state index in [-0.39, 0.29) is 18.8 Å². The lowest BCUT2D eigenvalue weighted by Crippen LogP contribution is -2.58. The second-order valence-electron chi connectivity index (χ2n) is 7.65. The van der Waals surface area contributed by atoms with Crippen LogP contribution in [0.15, 0.2) is 0 Å². The predicted octanol–water partition coefficient (Wildman–Crippen LogP) is 3.58. The first-order valence-electron chi connectivity index (χ1n) is 8.04. The largest absolute Gasteiger partial charge is 0.461 e. The molecule has 23 heavy (non-hydrogen) atoms. The van der Waals surface area contributed by atoms with Crippen molar-refractivity contribution < 1.29 is 23.8 Å². The number of rotatable bonds is 7. The molecule has 0 rings (SSSR count). The Morgan fingerprint density at radius 2 is 1.57 bits per heavy atom. The molecular formula is C17H33NO5. The van der Waals surface area contributed by atoms with Crippen molar-refractivity contribution in [3.8, 4) is 0 Å². The zero-order valence-electron chi connectivity index (χ0n) is 16.1. The highest BCUT2D eigenvalue weighted by Gasteiger charge is 2.46. The maximum atomic E-state index is 12.7. The minimum absolute atomic E-state index is 0.0503. The average Bonchev–Trinajstić information content (AvgIpc) is 2.31. The molecule has 0 saturated heterocycles. The molecule has 1 amide bonds. The van der Waals surface area contributed by atoms with Gasteiger partial charge in [-0.25, -0.2) is 9.59 Å². The topological polar surface area (TPSA) is 65.1 Å². The Kier molecular flexibility index (Phi) is 8.04. The molecule has 6 nitrogen and oxygen atoms in total. The van der Waals surface area contributed by atoms with Crippen LogP contribution in [0, 0.1) is 5.92 Å². The third kappa shape index (κ3) is 7.20. The number of methoxy groups -OCH3 is 1.